The lowest BCUT2D eigenvalue weighted by molar-refractivity contribution is -0.142. The van der Waals surface area contributed by atoms with Gasteiger partial charge in [-0.3, -0.25) is 4.79 Å². The first-order valence-electron chi connectivity index (χ1n) is 5.32. The number of rotatable bonds is 6. The molecule has 0 heterocycles. The highest BCUT2D eigenvalue weighted by molar-refractivity contribution is 5.75. The van der Waals surface area contributed by atoms with E-state index in [9.17, 15) is 9.90 Å². The van der Waals surface area contributed by atoms with Crippen LogP contribution in [0.25, 0.3) is 0 Å². The van der Waals surface area contributed by atoms with Gasteiger partial charge in [-0.1, -0.05) is 13.8 Å². The average Bonchev–Trinajstić information content (AvgIpc) is 2.11. The van der Waals surface area contributed by atoms with E-state index < -0.39 is 5.60 Å². The van der Waals surface area contributed by atoms with Crippen molar-refractivity contribution < 1.29 is 14.6 Å². The van der Waals surface area contributed by atoms with Gasteiger partial charge in [0, 0.05) is 6.54 Å². The molecule has 4 nitrogen and oxygen atoms in total. The smallest absolute Gasteiger partial charge is 0.322 e. The quantitative estimate of drug-likeness (QED) is 0.650. The molecule has 0 amide bonds. The first kappa shape index (κ1) is 14.4. The van der Waals surface area contributed by atoms with E-state index in [0.717, 1.165) is 0 Å². The third-order valence-electron chi connectivity index (χ3n) is 2.19. The molecular formula is C11H23NO3. The summed E-state index contributed by atoms with van der Waals surface area (Å²) < 4.78 is 4.58. The maximum absolute atomic E-state index is 11.1. The SMILES string of the molecule is COC(=O)C(C)NCC(C)(O)CC(C)C. The molecule has 2 N–H and O–H groups in total. The predicted molar refractivity (Wildman–Crippen MR) is 59.6 cm³/mol. The van der Waals surface area contributed by atoms with Crippen LogP contribution in [0.15, 0.2) is 0 Å². The molecule has 0 fully saturated rings. The second-order valence-corrected chi connectivity index (χ2v) is 4.72. The molecule has 4 heteroatoms. The minimum atomic E-state index is -0.781. The summed E-state index contributed by atoms with van der Waals surface area (Å²) in [7, 11) is 1.35. The first-order valence-corrected chi connectivity index (χ1v) is 5.32. The largest absolute Gasteiger partial charge is 0.468 e. The van der Waals surface area contributed by atoms with Crippen LogP contribution in [0.1, 0.15) is 34.1 Å². The Hall–Kier alpha value is -0.610. The summed E-state index contributed by atoms with van der Waals surface area (Å²) in [4.78, 5) is 11.1. The van der Waals surface area contributed by atoms with Crippen LogP contribution >= 0.6 is 0 Å². The number of methoxy groups -OCH3 is 1. The van der Waals surface area contributed by atoms with Crippen molar-refractivity contribution in [3.8, 4) is 0 Å². The van der Waals surface area contributed by atoms with Gasteiger partial charge in [-0.2, -0.15) is 0 Å². The Kier molecular flexibility index (Phi) is 5.83. The maximum Gasteiger partial charge on any atom is 0.322 e. The minimum absolute atomic E-state index is 0.310. The molecule has 0 aromatic heterocycles. The van der Waals surface area contributed by atoms with Crippen LogP contribution in [-0.2, 0) is 9.53 Å². The molecule has 0 bridgehead atoms. The van der Waals surface area contributed by atoms with E-state index in [0.29, 0.717) is 18.9 Å². The molecule has 0 aliphatic rings. The highest BCUT2D eigenvalue weighted by Crippen LogP contribution is 2.15. The zero-order valence-electron chi connectivity index (χ0n) is 10.3. The van der Waals surface area contributed by atoms with Gasteiger partial charge >= 0.3 is 5.97 Å². The summed E-state index contributed by atoms with van der Waals surface area (Å²) in [5.41, 5.74) is -0.781. The number of nitrogens with one attached hydrogen (secondary N) is 1. The van der Waals surface area contributed by atoms with E-state index in [1.54, 1.807) is 13.8 Å². The third-order valence-corrected chi connectivity index (χ3v) is 2.19. The van der Waals surface area contributed by atoms with Crippen LogP contribution in [0, 0.1) is 5.92 Å². The number of carbonyl (C=O) groups is 1. The Morgan fingerprint density at radius 3 is 2.40 bits per heavy atom. The van der Waals surface area contributed by atoms with Crippen molar-refractivity contribution in [3.63, 3.8) is 0 Å². The fraction of sp³-hybridized carbons (Fsp3) is 0.909. The number of hydrogen-bond acceptors (Lipinski definition) is 4. The third kappa shape index (κ3) is 6.47. The molecule has 0 saturated carbocycles. The lowest BCUT2D eigenvalue weighted by Crippen LogP contribution is -2.45. The molecule has 0 spiro atoms. The number of carbonyl (C=O) groups excluding carboxylic acids is 1. The summed E-state index contributed by atoms with van der Waals surface area (Å²) in [5.74, 6) is 0.116. The van der Waals surface area contributed by atoms with Gasteiger partial charge in [0.1, 0.15) is 6.04 Å². The Bertz CT molecular complexity index is 202. The molecular weight excluding hydrogens is 194 g/mol. The first-order chi connectivity index (χ1) is 6.78. The lowest BCUT2D eigenvalue weighted by Gasteiger charge is -2.27. The topological polar surface area (TPSA) is 58.6 Å². The zero-order chi connectivity index (χ0) is 12.1. The van der Waals surface area contributed by atoms with Gasteiger partial charge in [-0.05, 0) is 26.2 Å². The monoisotopic (exact) mass is 217 g/mol. The van der Waals surface area contributed by atoms with Gasteiger partial charge in [-0.25, -0.2) is 0 Å². The van der Waals surface area contributed by atoms with Gasteiger partial charge < -0.3 is 15.2 Å². The molecule has 0 aliphatic carbocycles. The molecule has 0 saturated heterocycles. The average molecular weight is 217 g/mol. The molecule has 15 heavy (non-hydrogen) atoms. The Morgan fingerprint density at radius 2 is 2.00 bits per heavy atom. The van der Waals surface area contributed by atoms with E-state index in [4.69, 9.17) is 0 Å². The Labute approximate surface area is 92.0 Å². The van der Waals surface area contributed by atoms with Crippen molar-refractivity contribution in [2.45, 2.75) is 45.8 Å². The van der Waals surface area contributed by atoms with E-state index >= 15 is 0 Å². The van der Waals surface area contributed by atoms with Gasteiger partial charge in [0.2, 0.25) is 0 Å². The lowest BCUT2D eigenvalue weighted by atomic mass is 9.94. The van der Waals surface area contributed by atoms with Crippen LogP contribution < -0.4 is 5.32 Å². The maximum atomic E-state index is 11.1. The van der Waals surface area contributed by atoms with Crippen LogP contribution in [0.2, 0.25) is 0 Å². The van der Waals surface area contributed by atoms with Crippen molar-refractivity contribution in [3.05, 3.63) is 0 Å². The summed E-state index contributed by atoms with van der Waals surface area (Å²) >= 11 is 0. The molecule has 0 aromatic carbocycles. The second kappa shape index (κ2) is 6.08. The fourth-order valence-corrected chi connectivity index (χ4v) is 1.58. The van der Waals surface area contributed by atoms with Crippen LogP contribution in [0.4, 0.5) is 0 Å². The molecule has 0 aromatic rings. The Morgan fingerprint density at radius 1 is 1.47 bits per heavy atom. The van der Waals surface area contributed by atoms with Crippen LogP contribution in [-0.4, -0.2) is 36.4 Å². The summed E-state index contributed by atoms with van der Waals surface area (Å²) in [5, 5.41) is 12.9. The molecule has 0 aliphatic heterocycles. The van der Waals surface area contributed by atoms with Crippen LogP contribution in [0.5, 0.6) is 0 Å². The molecule has 90 valence electrons. The second-order valence-electron chi connectivity index (χ2n) is 4.72. The molecule has 0 rings (SSSR count). The van der Waals surface area contributed by atoms with E-state index in [2.05, 4.69) is 23.9 Å². The van der Waals surface area contributed by atoms with E-state index in [1.807, 2.05) is 0 Å². The van der Waals surface area contributed by atoms with Crippen molar-refractivity contribution in [1.82, 2.24) is 5.32 Å². The number of hydrogen-bond donors (Lipinski definition) is 2. The highest BCUT2D eigenvalue weighted by Gasteiger charge is 2.23. The molecule has 2 unspecified atom stereocenters. The van der Waals surface area contributed by atoms with Crippen molar-refractivity contribution >= 4 is 5.97 Å². The van der Waals surface area contributed by atoms with Gasteiger partial charge in [0.05, 0.1) is 12.7 Å². The van der Waals surface area contributed by atoms with E-state index in [-0.39, 0.29) is 12.0 Å². The van der Waals surface area contributed by atoms with Gasteiger partial charge in [0.25, 0.3) is 0 Å². The number of aliphatic hydroxyl groups is 1. The Balaban J connectivity index is 3.97. The van der Waals surface area contributed by atoms with Gasteiger partial charge in [0.15, 0.2) is 0 Å². The molecule has 0 radical (unpaired) electrons. The summed E-state index contributed by atoms with van der Waals surface area (Å²) in [6.45, 7) is 7.99. The predicted octanol–water partition coefficient (Wildman–Crippen LogP) is 0.935. The minimum Gasteiger partial charge on any atom is -0.468 e. The summed E-state index contributed by atoms with van der Waals surface area (Å²) in [6.07, 6.45) is 0.702. The van der Waals surface area contributed by atoms with Crippen molar-refractivity contribution in [2.24, 2.45) is 5.92 Å². The highest BCUT2D eigenvalue weighted by atomic mass is 16.5. The zero-order valence-corrected chi connectivity index (χ0v) is 10.3. The normalized spacial score (nSPS) is 17.3. The van der Waals surface area contributed by atoms with Crippen LogP contribution in [0.3, 0.4) is 0 Å². The summed E-state index contributed by atoms with van der Waals surface area (Å²) in [6, 6.07) is -0.381. The number of ether oxygens (including phenoxy) is 1. The van der Waals surface area contributed by atoms with Crippen molar-refractivity contribution in [2.75, 3.05) is 13.7 Å². The van der Waals surface area contributed by atoms with Crippen molar-refractivity contribution in [1.29, 1.82) is 0 Å². The fourth-order valence-electron chi connectivity index (χ4n) is 1.58. The number of esters is 1. The van der Waals surface area contributed by atoms with Gasteiger partial charge in [-0.15, -0.1) is 0 Å². The standard InChI is InChI=1S/C11H23NO3/c1-8(2)6-11(4,14)7-12-9(3)10(13)15-5/h8-9,12,14H,6-7H2,1-5H3. The van der Waals surface area contributed by atoms with E-state index in [1.165, 1.54) is 7.11 Å². The molecule has 2 atom stereocenters.